The Morgan fingerprint density at radius 2 is 1.54 bits per heavy atom. The highest BCUT2D eigenvalue weighted by molar-refractivity contribution is 6.28. The van der Waals surface area contributed by atoms with Crippen LogP contribution in [0.25, 0.3) is 0 Å². The SMILES string of the molecule is CC(C)[C@H](NC(=O)c1ccc(N2C(=O)C=CC2=O)cc1)C(=O)C[C@@H](C)C(=O)O. The second-order valence-corrected chi connectivity index (χ2v) is 7.00. The Morgan fingerprint density at radius 3 is 2.00 bits per heavy atom. The number of carboxylic acid groups (broad SMARTS) is 1. The molecule has 28 heavy (non-hydrogen) atoms. The Labute approximate surface area is 162 Å². The van der Waals surface area contributed by atoms with Gasteiger partial charge in [-0.15, -0.1) is 0 Å². The number of anilines is 1. The third kappa shape index (κ3) is 4.70. The maximum Gasteiger partial charge on any atom is 0.306 e. The van der Waals surface area contributed by atoms with Crippen molar-refractivity contribution in [3.63, 3.8) is 0 Å². The molecule has 0 bridgehead atoms. The largest absolute Gasteiger partial charge is 0.481 e. The third-order valence-electron chi connectivity index (χ3n) is 4.43. The van der Waals surface area contributed by atoms with Crippen LogP contribution >= 0.6 is 0 Å². The van der Waals surface area contributed by atoms with Gasteiger partial charge < -0.3 is 10.4 Å². The average Bonchev–Trinajstić information content (AvgIpc) is 2.97. The lowest BCUT2D eigenvalue weighted by molar-refractivity contribution is -0.143. The smallest absolute Gasteiger partial charge is 0.306 e. The molecule has 0 radical (unpaired) electrons. The molecule has 8 nitrogen and oxygen atoms in total. The number of hydrogen-bond acceptors (Lipinski definition) is 5. The molecule has 0 aromatic heterocycles. The van der Waals surface area contributed by atoms with E-state index in [9.17, 15) is 24.0 Å². The number of ketones is 1. The molecule has 1 heterocycles. The molecule has 0 unspecified atom stereocenters. The van der Waals surface area contributed by atoms with E-state index in [-0.39, 0.29) is 23.7 Å². The van der Waals surface area contributed by atoms with E-state index < -0.39 is 35.7 Å². The Balaban J connectivity index is 2.09. The van der Waals surface area contributed by atoms with Gasteiger partial charge in [-0.25, -0.2) is 4.90 Å². The Bertz CT molecular complexity index is 823. The van der Waals surface area contributed by atoms with E-state index in [1.54, 1.807) is 13.8 Å². The number of carbonyl (C=O) groups is 5. The fourth-order valence-corrected chi connectivity index (χ4v) is 2.78. The predicted octanol–water partition coefficient (Wildman–Crippen LogP) is 1.55. The number of amides is 3. The number of nitrogens with one attached hydrogen (secondary N) is 1. The first kappa shape index (κ1) is 21.0. The highest BCUT2D eigenvalue weighted by Crippen LogP contribution is 2.20. The van der Waals surface area contributed by atoms with Gasteiger partial charge in [0.05, 0.1) is 17.6 Å². The van der Waals surface area contributed by atoms with Gasteiger partial charge >= 0.3 is 5.97 Å². The number of Topliss-reactive ketones (excluding diaryl/α,β-unsaturated/α-hetero) is 1. The molecule has 1 aromatic carbocycles. The molecular formula is C20H22N2O6. The molecule has 0 saturated heterocycles. The van der Waals surface area contributed by atoms with Crippen LogP contribution in [-0.2, 0) is 19.2 Å². The summed E-state index contributed by atoms with van der Waals surface area (Å²) >= 11 is 0. The molecular weight excluding hydrogens is 364 g/mol. The summed E-state index contributed by atoms with van der Waals surface area (Å²) in [5.41, 5.74) is 0.587. The number of imide groups is 1. The quantitative estimate of drug-likeness (QED) is 0.654. The summed E-state index contributed by atoms with van der Waals surface area (Å²) in [7, 11) is 0. The maximum atomic E-state index is 12.5. The van der Waals surface area contributed by atoms with Crippen molar-refractivity contribution in [2.24, 2.45) is 11.8 Å². The second-order valence-electron chi connectivity index (χ2n) is 7.00. The van der Waals surface area contributed by atoms with E-state index in [4.69, 9.17) is 5.11 Å². The molecule has 148 valence electrons. The second kappa shape index (κ2) is 8.60. The molecule has 8 heteroatoms. The van der Waals surface area contributed by atoms with Crippen LogP contribution in [0.5, 0.6) is 0 Å². The lowest BCUT2D eigenvalue weighted by Gasteiger charge is -2.22. The van der Waals surface area contributed by atoms with Gasteiger partial charge in [0.25, 0.3) is 17.7 Å². The van der Waals surface area contributed by atoms with Crippen molar-refractivity contribution >= 4 is 35.2 Å². The van der Waals surface area contributed by atoms with Crippen LogP contribution < -0.4 is 10.2 Å². The summed E-state index contributed by atoms with van der Waals surface area (Å²) in [6.07, 6.45) is 2.16. The van der Waals surface area contributed by atoms with Gasteiger partial charge in [0.15, 0.2) is 5.78 Å². The summed E-state index contributed by atoms with van der Waals surface area (Å²) in [5, 5.41) is 11.6. The maximum absolute atomic E-state index is 12.5. The number of nitrogens with zero attached hydrogens (tertiary/aromatic N) is 1. The van der Waals surface area contributed by atoms with E-state index in [1.165, 1.54) is 43.3 Å². The predicted molar refractivity (Wildman–Crippen MR) is 101 cm³/mol. The Morgan fingerprint density at radius 1 is 1.00 bits per heavy atom. The minimum atomic E-state index is -1.07. The molecule has 0 aliphatic carbocycles. The number of carbonyl (C=O) groups excluding carboxylic acids is 4. The zero-order valence-electron chi connectivity index (χ0n) is 15.8. The normalized spacial score (nSPS) is 15.6. The van der Waals surface area contributed by atoms with Gasteiger partial charge in [0, 0.05) is 24.1 Å². The summed E-state index contributed by atoms with van der Waals surface area (Å²) in [5.74, 6) is -3.90. The fraction of sp³-hybridized carbons (Fsp3) is 0.350. The molecule has 1 aliphatic rings. The van der Waals surface area contributed by atoms with Gasteiger partial charge in [-0.2, -0.15) is 0 Å². The van der Waals surface area contributed by atoms with Crippen molar-refractivity contribution < 1.29 is 29.1 Å². The minimum Gasteiger partial charge on any atom is -0.481 e. The molecule has 2 rings (SSSR count). The molecule has 0 saturated carbocycles. The van der Waals surface area contributed by atoms with E-state index in [0.29, 0.717) is 5.69 Å². The van der Waals surface area contributed by atoms with Crippen LogP contribution in [0.15, 0.2) is 36.4 Å². The highest BCUT2D eigenvalue weighted by atomic mass is 16.4. The van der Waals surface area contributed by atoms with Crippen molar-refractivity contribution in [3.05, 3.63) is 42.0 Å². The average molecular weight is 386 g/mol. The molecule has 0 spiro atoms. The van der Waals surface area contributed by atoms with Crippen LogP contribution in [0.1, 0.15) is 37.6 Å². The Kier molecular flexibility index (Phi) is 6.45. The number of benzene rings is 1. The molecule has 2 N–H and O–H groups in total. The van der Waals surface area contributed by atoms with Crippen molar-refractivity contribution in [2.75, 3.05) is 4.90 Å². The number of carboxylic acids is 1. The van der Waals surface area contributed by atoms with E-state index >= 15 is 0 Å². The molecule has 1 aliphatic heterocycles. The lowest BCUT2D eigenvalue weighted by Crippen LogP contribution is -2.45. The zero-order valence-corrected chi connectivity index (χ0v) is 15.8. The van der Waals surface area contributed by atoms with Crippen LogP contribution in [0.4, 0.5) is 5.69 Å². The number of rotatable bonds is 8. The fourth-order valence-electron chi connectivity index (χ4n) is 2.78. The molecule has 1 aromatic rings. The summed E-state index contributed by atoms with van der Waals surface area (Å²) in [6.45, 7) is 4.96. The number of hydrogen-bond donors (Lipinski definition) is 2. The topological polar surface area (TPSA) is 121 Å². The third-order valence-corrected chi connectivity index (χ3v) is 4.43. The van der Waals surface area contributed by atoms with E-state index in [1.807, 2.05) is 0 Å². The molecule has 3 amide bonds. The minimum absolute atomic E-state index is 0.177. The first-order chi connectivity index (χ1) is 13.1. The van der Waals surface area contributed by atoms with Crippen molar-refractivity contribution in [1.29, 1.82) is 0 Å². The van der Waals surface area contributed by atoms with Crippen LogP contribution in [0.2, 0.25) is 0 Å². The Hall–Kier alpha value is -3.29. The van der Waals surface area contributed by atoms with Gasteiger partial charge in [0.1, 0.15) is 0 Å². The van der Waals surface area contributed by atoms with Crippen molar-refractivity contribution in [2.45, 2.75) is 33.2 Å². The van der Waals surface area contributed by atoms with Gasteiger partial charge in [0.2, 0.25) is 0 Å². The summed E-state index contributed by atoms with van der Waals surface area (Å²) in [6, 6.07) is 5.02. The molecule has 0 fully saturated rings. The van der Waals surface area contributed by atoms with Gasteiger partial charge in [-0.1, -0.05) is 20.8 Å². The lowest BCUT2D eigenvalue weighted by atomic mass is 9.93. The zero-order chi connectivity index (χ0) is 21.0. The van der Waals surface area contributed by atoms with Gasteiger partial charge in [-0.05, 0) is 30.2 Å². The van der Waals surface area contributed by atoms with E-state index in [2.05, 4.69) is 5.32 Å². The molecule has 2 atom stereocenters. The van der Waals surface area contributed by atoms with Crippen LogP contribution in [0, 0.1) is 11.8 Å². The highest BCUT2D eigenvalue weighted by Gasteiger charge is 2.28. The van der Waals surface area contributed by atoms with E-state index in [0.717, 1.165) is 4.90 Å². The first-order valence-electron chi connectivity index (χ1n) is 8.84. The van der Waals surface area contributed by atoms with Crippen molar-refractivity contribution in [1.82, 2.24) is 5.32 Å². The van der Waals surface area contributed by atoms with Gasteiger partial charge in [-0.3, -0.25) is 24.0 Å². The van der Waals surface area contributed by atoms with Crippen LogP contribution in [0.3, 0.4) is 0 Å². The first-order valence-corrected chi connectivity index (χ1v) is 8.84. The number of aliphatic carboxylic acids is 1. The summed E-state index contributed by atoms with van der Waals surface area (Å²) in [4.78, 5) is 60.2. The van der Waals surface area contributed by atoms with Crippen molar-refractivity contribution in [3.8, 4) is 0 Å². The summed E-state index contributed by atoms with van der Waals surface area (Å²) < 4.78 is 0. The monoisotopic (exact) mass is 386 g/mol. The van der Waals surface area contributed by atoms with Crippen LogP contribution in [-0.4, -0.2) is 40.6 Å². The standard InChI is InChI=1S/C20H22N2O6/c1-11(2)18(15(23)10-12(3)20(27)28)21-19(26)13-4-6-14(7-5-13)22-16(24)8-9-17(22)25/h4-9,11-12,18H,10H2,1-3H3,(H,21,26)(H,27,28)/t12-,18+/m1/s1.